The van der Waals surface area contributed by atoms with Crippen LogP contribution in [-0.2, 0) is 4.79 Å². The number of rotatable bonds is 7. The fourth-order valence-electron chi connectivity index (χ4n) is 2.29. The van der Waals surface area contributed by atoms with Gasteiger partial charge in [0.15, 0.2) is 5.65 Å². The molecule has 0 aliphatic carbocycles. The molecule has 0 radical (unpaired) electrons. The lowest BCUT2D eigenvalue weighted by atomic mass is 9.95. The minimum atomic E-state index is -0.721. The molecule has 7 nitrogen and oxygen atoms in total. The zero-order valence-electron chi connectivity index (χ0n) is 12.4. The first-order valence-electron chi connectivity index (χ1n) is 6.82. The maximum Gasteiger partial charge on any atom is 0.237 e. The van der Waals surface area contributed by atoms with Gasteiger partial charge in [-0.1, -0.05) is 13.8 Å². The second kappa shape index (κ2) is 6.40. The van der Waals surface area contributed by atoms with Crippen LogP contribution in [0.25, 0.3) is 11.2 Å². The topological polar surface area (TPSA) is 110 Å². The number of imidazole rings is 1. The van der Waals surface area contributed by atoms with Crippen LogP contribution in [0.5, 0.6) is 0 Å². The maximum absolute atomic E-state index is 11.7. The van der Waals surface area contributed by atoms with Crippen molar-refractivity contribution in [1.82, 2.24) is 25.3 Å². The molecule has 0 aliphatic heterocycles. The van der Waals surface area contributed by atoms with Gasteiger partial charge in [-0.05, 0) is 19.9 Å². The van der Waals surface area contributed by atoms with E-state index in [0.29, 0.717) is 18.6 Å². The highest BCUT2D eigenvalue weighted by Crippen LogP contribution is 2.30. The number of primary amides is 1. The van der Waals surface area contributed by atoms with Crippen molar-refractivity contribution in [3.63, 3.8) is 0 Å². The van der Waals surface area contributed by atoms with E-state index >= 15 is 0 Å². The normalized spacial score (nSPS) is 15.8. The predicted molar refractivity (Wildman–Crippen MR) is 82.9 cm³/mol. The van der Waals surface area contributed by atoms with Gasteiger partial charge in [0.25, 0.3) is 0 Å². The maximum atomic E-state index is 11.7. The van der Waals surface area contributed by atoms with Gasteiger partial charge in [-0.25, -0.2) is 15.0 Å². The van der Waals surface area contributed by atoms with Crippen LogP contribution < -0.4 is 11.1 Å². The molecule has 2 heterocycles. The van der Waals surface area contributed by atoms with E-state index in [1.807, 2.05) is 20.8 Å². The van der Waals surface area contributed by atoms with Crippen LogP contribution in [-0.4, -0.2) is 43.2 Å². The third kappa shape index (κ3) is 3.51. The fourth-order valence-corrected chi connectivity index (χ4v) is 3.46. The molecular formula is C13H20N6OS. The summed E-state index contributed by atoms with van der Waals surface area (Å²) in [5, 5.41) is 4.15. The van der Waals surface area contributed by atoms with Crippen molar-refractivity contribution in [2.45, 2.75) is 43.0 Å². The van der Waals surface area contributed by atoms with Crippen molar-refractivity contribution in [2.24, 2.45) is 5.73 Å². The first-order valence-corrected chi connectivity index (χ1v) is 7.70. The summed E-state index contributed by atoms with van der Waals surface area (Å²) in [7, 11) is 0. The van der Waals surface area contributed by atoms with Gasteiger partial charge < -0.3 is 16.0 Å². The van der Waals surface area contributed by atoms with Crippen LogP contribution in [0.15, 0.2) is 17.7 Å². The van der Waals surface area contributed by atoms with Gasteiger partial charge >= 0.3 is 0 Å². The molecule has 0 saturated heterocycles. The fraction of sp³-hybridized carbons (Fsp3) is 0.538. The molecule has 2 aromatic rings. The summed E-state index contributed by atoms with van der Waals surface area (Å²) in [6.07, 6.45) is 3.70. The second-order valence-electron chi connectivity index (χ2n) is 5.14. The minimum Gasteiger partial charge on any atom is -0.368 e. The highest BCUT2D eigenvalue weighted by Gasteiger charge is 2.32. The molecule has 1 amide bonds. The molecule has 2 rings (SSSR count). The number of nitrogens with zero attached hydrogens (tertiary/aromatic N) is 3. The summed E-state index contributed by atoms with van der Waals surface area (Å²) in [6, 6.07) is 0. The van der Waals surface area contributed by atoms with E-state index in [1.54, 1.807) is 18.1 Å². The zero-order chi connectivity index (χ0) is 15.5. The van der Waals surface area contributed by atoms with Crippen LogP contribution in [0.1, 0.15) is 27.2 Å². The Morgan fingerprint density at radius 2 is 2.29 bits per heavy atom. The SMILES string of the molecule is CCNC(C)(CC(C)Sc1ncnc2nc[nH]c12)C(N)=O. The van der Waals surface area contributed by atoms with Crippen LogP contribution >= 0.6 is 11.8 Å². The van der Waals surface area contributed by atoms with E-state index < -0.39 is 5.54 Å². The van der Waals surface area contributed by atoms with Crippen molar-refractivity contribution in [1.29, 1.82) is 0 Å². The van der Waals surface area contributed by atoms with E-state index in [4.69, 9.17) is 5.73 Å². The molecule has 4 N–H and O–H groups in total. The molecule has 0 spiro atoms. The molecule has 2 unspecified atom stereocenters. The van der Waals surface area contributed by atoms with E-state index in [2.05, 4.69) is 25.3 Å². The number of carbonyl (C=O) groups is 1. The van der Waals surface area contributed by atoms with Gasteiger partial charge in [0.1, 0.15) is 16.9 Å². The highest BCUT2D eigenvalue weighted by atomic mass is 32.2. The Labute approximate surface area is 127 Å². The molecule has 2 atom stereocenters. The summed E-state index contributed by atoms with van der Waals surface area (Å²) < 4.78 is 0. The molecule has 21 heavy (non-hydrogen) atoms. The number of likely N-dealkylation sites (N-methyl/N-ethyl adjacent to an activating group) is 1. The molecule has 0 bridgehead atoms. The van der Waals surface area contributed by atoms with E-state index in [9.17, 15) is 4.79 Å². The van der Waals surface area contributed by atoms with E-state index in [-0.39, 0.29) is 11.2 Å². The lowest BCUT2D eigenvalue weighted by molar-refractivity contribution is -0.124. The summed E-state index contributed by atoms with van der Waals surface area (Å²) >= 11 is 1.58. The molecule has 0 aromatic carbocycles. The predicted octanol–water partition coefficient (Wildman–Crippen LogP) is 1.08. The smallest absolute Gasteiger partial charge is 0.237 e. The molecular weight excluding hydrogens is 288 g/mol. The monoisotopic (exact) mass is 308 g/mol. The number of H-pyrrole nitrogens is 1. The summed E-state index contributed by atoms with van der Waals surface area (Å²) in [5.74, 6) is -0.342. The van der Waals surface area contributed by atoms with Gasteiger partial charge in [0.2, 0.25) is 5.91 Å². The van der Waals surface area contributed by atoms with Crippen molar-refractivity contribution in [3.05, 3.63) is 12.7 Å². The third-order valence-electron chi connectivity index (χ3n) is 3.31. The molecule has 8 heteroatoms. The number of aromatic amines is 1. The number of hydrogen-bond acceptors (Lipinski definition) is 6. The third-order valence-corrected chi connectivity index (χ3v) is 4.41. The molecule has 0 saturated carbocycles. The quantitative estimate of drug-likeness (QED) is 0.521. The Morgan fingerprint density at radius 3 is 2.95 bits per heavy atom. The summed E-state index contributed by atoms with van der Waals surface area (Å²) in [4.78, 5) is 27.2. The number of nitrogens with one attached hydrogen (secondary N) is 2. The lowest BCUT2D eigenvalue weighted by Gasteiger charge is -2.29. The van der Waals surface area contributed by atoms with Crippen LogP contribution in [0.4, 0.5) is 0 Å². The van der Waals surface area contributed by atoms with Gasteiger partial charge in [-0.2, -0.15) is 0 Å². The number of hydrogen-bond donors (Lipinski definition) is 3. The van der Waals surface area contributed by atoms with Gasteiger partial charge in [0, 0.05) is 5.25 Å². The van der Waals surface area contributed by atoms with Crippen LogP contribution in [0.2, 0.25) is 0 Å². The number of thioether (sulfide) groups is 1. The van der Waals surface area contributed by atoms with Crippen LogP contribution in [0, 0.1) is 0 Å². The van der Waals surface area contributed by atoms with Gasteiger partial charge in [0.05, 0.1) is 11.9 Å². The Bertz CT molecular complexity index is 630. The van der Waals surface area contributed by atoms with E-state index in [0.717, 1.165) is 10.5 Å². The van der Waals surface area contributed by atoms with Gasteiger partial charge in [-0.3, -0.25) is 4.79 Å². The Morgan fingerprint density at radius 1 is 1.52 bits per heavy atom. The summed E-state index contributed by atoms with van der Waals surface area (Å²) in [5.41, 5.74) is 6.26. The largest absolute Gasteiger partial charge is 0.368 e. The second-order valence-corrected chi connectivity index (χ2v) is 6.57. The van der Waals surface area contributed by atoms with Crippen LogP contribution in [0.3, 0.4) is 0 Å². The molecule has 0 fully saturated rings. The van der Waals surface area contributed by atoms with Crippen molar-refractivity contribution in [3.8, 4) is 0 Å². The van der Waals surface area contributed by atoms with Crippen molar-refractivity contribution < 1.29 is 4.79 Å². The number of fused-ring (bicyclic) bond motifs is 1. The number of nitrogens with two attached hydrogens (primary N) is 1. The average molecular weight is 308 g/mol. The Kier molecular flexibility index (Phi) is 4.79. The Balaban J connectivity index is 2.12. The summed E-state index contributed by atoms with van der Waals surface area (Å²) in [6.45, 7) is 6.53. The molecule has 2 aromatic heterocycles. The minimum absolute atomic E-state index is 0.156. The number of carbonyl (C=O) groups excluding carboxylic acids is 1. The number of amides is 1. The highest BCUT2D eigenvalue weighted by molar-refractivity contribution is 8.00. The average Bonchev–Trinajstić information content (AvgIpc) is 2.88. The number of aromatic nitrogens is 4. The zero-order valence-corrected chi connectivity index (χ0v) is 13.2. The van der Waals surface area contributed by atoms with Gasteiger partial charge in [-0.15, -0.1) is 11.8 Å². The first kappa shape index (κ1) is 15.7. The first-order chi connectivity index (χ1) is 9.96. The van der Waals surface area contributed by atoms with Crippen molar-refractivity contribution in [2.75, 3.05) is 6.54 Å². The Hall–Kier alpha value is -1.67. The van der Waals surface area contributed by atoms with Crippen molar-refractivity contribution >= 4 is 28.8 Å². The standard InChI is InChI=1S/C13H20N6OS/c1-4-19-13(3,12(14)20)5-8(2)21-11-9-10(16-6-15-9)17-7-18-11/h6-8,19H,4-5H2,1-3H3,(H2,14,20)(H,15,16,17,18). The molecule has 0 aliphatic rings. The molecule has 114 valence electrons. The van der Waals surface area contributed by atoms with E-state index in [1.165, 1.54) is 6.33 Å². The lowest BCUT2D eigenvalue weighted by Crippen LogP contribution is -2.54.